The van der Waals surface area contributed by atoms with Gasteiger partial charge in [0.15, 0.2) is 0 Å². The minimum absolute atomic E-state index is 0.212. The highest BCUT2D eigenvalue weighted by atomic mass is 15.1. The van der Waals surface area contributed by atoms with Crippen molar-refractivity contribution in [3.63, 3.8) is 0 Å². The lowest BCUT2D eigenvalue weighted by Crippen LogP contribution is -2.61. The quantitative estimate of drug-likeness (QED) is 0.764. The number of aromatic amines is 1. The van der Waals surface area contributed by atoms with Crippen molar-refractivity contribution in [2.75, 3.05) is 6.54 Å². The molecule has 1 aliphatic rings. The number of nitrogens with zero attached hydrogens (tertiary/aromatic N) is 1. The smallest absolute Gasteiger partial charge is 0.107 e. The molecule has 1 aromatic heterocycles. The number of H-pyrrole nitrogens is 1. The average molecular weight is 250 g/mol. The van der Waals surface area contributed by atoms with Gasteiger partial charge in [-0.05, 0) is 40.5 Å². The van der Waals surface area contributed by atoms with E-state index in [0.717, 1.165) is 18.8 Å². The summed E-state index contributed by atoms with van der Waals surface area (Å²) >= 11 is 0. The minimum Gasteiger partial charge on any atom is -0.349 e. The first-order valence-corrected chi connectivity index (χ1v) is 6.87. The highest BCUT2D eigenvalue weighted by Crippen LogP contribution is 2.28. The Labute approximate surface area is 110 Å². The minimum atomic E-state index is 0.212. The van der Waals surface area contributed by atoms with E-state index >= 15 is 0 Å². The first kappa shape index (κ1) is 13.6. The molecule has 0 aromatic carbocycles. The van der Waals surface area contributed by atoms with Gasteiger partial charge in [0.05, 0.1) is 0 Å². The highest BCUT2D eigenvalue weighted by molar-refractivity contribution is 4.99. The van der Waals surface area contributed by atoms with Crippen molar-refractivity contribution in [3.05, 3.63) is 18.2 Å². The van der Waals surface area contributed by atoms with Crippen LogP contribution in [0.15, 0.2) is 12.4 Å². The SMILES string of the molecule is CC1(C)CC(NCCc2ncc[nH]2)CC(C)(C)N1. The second-order valence-electron chi connectivity index (χ2n) is 6.74. The van der Waals surface area contributed by atoms with Gasteiger partial charge >= 0.3 is 0 Å². The van der Waals surface area contributed by atoms with Crippen LogP contribution < -0.4 is 10.6 Å². The summed E-state index contributed by atoms with van der Waals surface area (Å²) in [7, 11) is 0. The van der Waals surface area contributed by atoms with E-state index in [0.29, 0.717) is 6.04 Å². The molecule has 2 rings (SSSR count). The zero-order valence-electron chi connectivity index (χ0n) is 12.0. The van der Waals surface area contributed by atoms with Crippen molar-refractivity contribution < 1.29 is 0 Å². The molecular formula is C14H26N4. The molecule has 0 bridgehead atoms. The summed E-state index contributed by atoms with van der Waals surface area (Å²) in [4.78, 5) is 7.39. The molecule has 0 aliphatic carbocycles. The van der Waals surface area contributed by atoms with Gasteiger partial charge in [0.1, 0.15) is 5.82 Å². The summed E-state index contributed by atoms with van der Waals surface area (Å²) < 4.78 is 0. The predicted molar refractivity (Wildman–Crippen MR) is 74.6 cm³/mol. The molecule has 1 aromatic rings. The molecule has 0 radical (unpaired) electrons. The maximum atomic E-state index is 4.25. The molecule has 1 saturated heterocycles. The molecule has 0 saturated carbocycles. The predicted octanol–water partition coefficient (Wildman–Crippen LogP) is 1.85. The molecule has 3 N–H and O–H groups in total. The molecule has 0 unspecified atom stereocenters. The molecule has 4 heteroatoms. The van der Waals surface area contributed by atoms with Gasteiger partial charge in [-0.25, -0.2) is 4.98 Å². The number of hydrogen-bond donors (Lipinski definition) is 3. The molecule has 1 fully saturated rings. The fraction of sp³-hybridized carbons (Fsp3) is 0.786. The molecule has 0 atom stereocenters. The van der Waals surface area contributed by atoms with Gasteiger partial charge in [0.25, 0.3) is 0 Å². The first-order chi connectivity index (χ1) is 8.36. The van der Waals surface area contributed by atoms with Gasteiger partial charge in [0.2, 0.25) is 0 Å². The van der Waals surface area contributed by atoms with E-state index in [2.05, 4.69) is 48.3 Å². The van der Waals surface area contributed by atoms with Crippen molar-refractivity contribution in [2.24, 2.45) is 0 Å². The van der Waals surface area contributed by atoms with Crippen molar-refractivity contribution >= 4 is 0 Å². The second kappa shape index (κ2) is 5.02. The first-order valence-electron chi connectivity index (χ1n) is 6.87. The fourth-order valence-corrected chi connectivity index (χ4v) is 3.30. The summed E-state index contributed by atoms with van der Waals surface area (Å²) in [6.07, 6.45) is 7.01. The number of hydrogen-bond acceptors (Lipinski definition) is 3. The van der Waals surface area contributed by atoms with Gasteiger partial charge in [-0.3, -0.25) is 0 Å². The largest absolute Gasteiger partial charge is 0.349 e. The van der Waals surface area contributed by atoms with Crippen LogP contribution in [0.2, 0.25) is 0 Å². The Morgan fingerprint density at radius 3 is 2.50 bits per heavy atom. The van der Waals surface area contributed by atoms with Gasteiger partial charge < -0.3 is 15.6 Å². The van der Waals surface area contributed by atoms with Gasteiger partial charge in [-0.1, -0.05) is 0 Å². The molecule has 102 valence electrons. The number of piperidine rings is 1. The van der Waals surface area contributed by atoms with Crippen LogP contribution in [0.3, 0.4) is 0 Å². The van der Waals surface area contributed by atoms with E-state index in [9.17, 15) is 0 Å². The Kier molecular flexibility index (Phi) is 3.78. The zero-order chi connectivity index (χ0) is 13.2. The van der Waals surface area contributed by atoms with Crippen LogP contribution in [0.4, 0.5) is 0 Å². The molecular weight excluding hydrogens is 224 g/mol. The van der Waals surface area contributed by atoms with Crippen LogP contribution in [-0.2, 0) is 6.42 Å². The van der Waals surface area contributed by atoms with E-state index < -0.39 is 0 Å². The van der Waals surface area contributed by atoms with Gasteiger partial charge in [-0.2, -0.15) is 0 Å². The van der Waals surface area contributed by atoms with E-state index in [-0.39, 0.29) is 11.1 Å². The fourth-order valence-electron chi connectivity index (χ4n) is 3.30. The summed E-state index contributed by atoms with van der Waals surface area (Å²) in [5.41, 5.74) is 0.425. The molecule has 2 heterocycles. The lowest BCUT2D eigenvalue weighted by atomic mass is 9.79. The monoisotopic (exact) mass is 250 g/mol. The van der Waals surface area contributed by atoms with Gasteiger partial charge in [0, 0.05) is 42.5 Å². The van der Waals surface area contributed by atoms with E-state index in [1.807, 2.05) is 12.4 Å². The third-order valence-corrected chi connectivity index (χ3v) is 3.54. The van der Waals surface area contributed by atoms with E-state index in [4.69, 9.17) is 0 Å². The Morgan fingerprint density at radius 2 is 1.94 bits per heavy atom. The highest BCUT2D eigenvalue weighted by Gasteiger charge is 2.37. The zero-order valence-corrected chi connectivity index (χ0v) is 12.0. The molecule has 18 heavy (non-hydrogen) atoms. The van der Waals surface area contributed by atoms with Crippen molar-refractivity contribution in [2.45, 2.75) is 64.1 Å². The van der Waals surface area contributed by atoms with Crippen LogP contribution in [0.25, 0.3) is 0 Å². The van der Waals surface area contributed by atoms with E-state index in [1.54, 1.807) is 0 Å². The third kappa shape index (κ3) is 3.82. The summed E-state index contributed by atoms with van der Waals surface area (Å²) in [6.45, 7) is 10.1. The summed E-state index contributed by atoms with van der Waals surface area (Å²) in [5.74, 6) is 1.06. The standard InChI is InChI=1S/C14H26N4/c1-13(2)9-11(10-14(3,4)18-13)15-6-5-12-16-7-8-17-12/h7-8,11,15,18H,5-6,9-10H2,1-4H3,(H,16,17). The second-order valence-corrected chi connectivity index (χ2v) is 6.74. The lowest BCUT2D eigenvalue weighted by Gasteiger charge is -2.46. The maximum absolute atomic E-state index is 4.25. The van der Waals surface area contributed by atoms with Crippen molar-refractivity contribution in [3.8, 4) is 0 Å². The number of rotatable bonds is 4. The number of aromatic nitrogens is 2. The average Bonchev–Trinajstić information content (AvgIpc) is 2.65. The van der Waals surface area contributed by atoms with Gasteiger partial charge in [-0.15, -0.1) is 0 Å². The maximum Gasteiger partial charge on any atom is 0.107 e. The molecule has 1 aliphatic heterocycles. The molecule has 0 amide bonds. The van der Waals surface area contributed by atoms with Crippen molar-refractivity contribution in [1.82, 2.24) is 20.6 Å². The molecule has 4 nitrogen and oxygen atoms in total. The lowest BCUT2D eigenvalue weighted by molar-refractivity contribution is 0.146. The Hall–Kier alpha value is -0.870. The topological polar surface area (TPSA) is 52.7 Å². The molecule has 0 spiro atoms. The van der Waals surface area contributed by atoms with Crippen molar-refractivity contribution in [1.29, 1.82) is 0 Å². The summed E-state index contributed by atoms with van der Waals surface area (Å²) in [6, 6.07) is 0.589. The van der Waals surface area contributed by atoms with Crippen LogP contribution in [0.5, 0.6) is 0 Å². The Morgan fingerprint density at radius 1 is 1.28 bits per heavy atom. The third-order valence-electron chi connectivity index (χ3n) is 3.54. The number of nitrogens with one attached hydrogen (secondary N) is 3. The Balaban J connectivity index is 1.82. The Bertz CT molecular complexity index is 351. The van der Waals surface area contributed by atoms with E-state index in [1.165, 1.54) is 12.8 Å². The number of imidazole rings is 1. The normalized spacial score (nSPS) is 23.1. The van der Waals surface area contributed by atoms with Crippen LogP contribution in [0, 0.1) is 0 Å². The summed E-state index contributed by atoms with van der Waals surface area (Å²) in [5, 5.41) is 7.38. The van der Waals surface area contributed by atoms with Crippen LogP contribution in [-0.4, -0.2) is 33.6 Å². The van der Waals surface area contributed by atoms with Crippen LogP contribution in [0.1, 0.15) is 46.4 Å². The van der Waals surface area contributed by atoms with Crippen LogP contribution >= 0.6 is 0 Å².